The molecule has 0 saturated heterocycles. The van der Waals surface area contributed by atoms with Crippen molar-refractivity contribution in [2.75, 3.05) is 11.4 Å². The van der Waals surface area contributed by atoms with Crippen LogP contribution in [0.25, 0.3) is 6.08 Å². The maximum Gasteiger partial charge on any atom is 0.323 e. The van der Waals surface area contributed by atoms with Crippen LogP contribution in [0.5, 0.6) is 5.75 Å². The van der Waals surface area contributed by atoms with Crippen molar-refractivity contribution < 1.29 is 19.4 Å². The molecule has 1 aliphatic rings. The number of halogens is 1. The van der Waals surface area contributed by atoms with Crippen molar-refractivity contribution in [2.24, 2.45) is 0 Å². The molecule has 2 aromatic carbocycles. The molecule has 1 heterocycles. The van der Waals surface area contributed by atoms with Crippen LogP contribution in [-0.2, 0) is 9.59 Å². The van der Waals surface area contributed by atoms with E-state index < -0.39 is 18.4 Å². The van der Waals surface area contributed by atoms with E-state index in [0.717, 1.165) is 0 Å². The van der Waals surface area contributed by atoms with E-state index in [1.807, 2.05) is 0 Å². The van der Waals surface area contributed by atoms with E-state index in [2.05, 4.69) is 0 Å². The molecule has 2 aromatic rings. The number of carbonyl (C=O) groups is 2. The quantitative estimate of drug-likeness (QED) is 0.878. The summed E-state index contributed by atoms with van der Waals surface area (Å²) in [5.74, 6) is -1.13. The van der Waals surface area contributed by atoms with E-state index in [0.29, 0.717) is 22.0 Å². The molecule has 116 valence electrons. The molecule has 1 N–H and O–H groups in total. The molecule has 0 fully saturated rings. The summed E-state index contributed by atoms with van der Waals surface area (Å²) in [4.78, 5) is 24.8. The van der Waals surface area contributed by atoms with Crippen LogP contribution < -0.4 is 9.64 Å². The SMILES string of the molecule is O=C(O)CN1C(=O)C(=Cc2cccc(Cl)c2)Oc2ccccc21. The average Bonchev–Trinajstić information content (AvgIpc) is 2.51. The normalized spacial score (nSPS) is 15.3. The Balaban J connectivity index is 2.04. The van der Waals surface area contributed by atoms with Gasteiger partial charge in [0.1, 0.15) is 6.54 Å². The first-order valence-corrected chi connectivity index (χ1v) is 7.20. The van der Waals surface area contributed by atoms with Gasteiger partial charge in [0.25, 0.3) is 5.91 Å². The van der Waals surface area contributed by atoms with Crippen molar-refractivity contribution in [3.8, 4) is 5.75 Å². The zero-order chi connectivity index (χ0) is 16.4. The van der Waals surface area contributed by atoms with Gasteiger partial charge in [0.2, 0.25) is 0 Å². The number of carboxylic acids is 1. The van der Waals surface area contributed by atoms with Crippen molar-refractivity contribution in [1.82, 2.24) is 0 Å². The van der Waals surface area contributed by atoms with Crippen molar-refractivity contribution >= 4 is 35.2 Å². The van der Waals surface area contributed by atoms with E-state index in [1.165, 1.54) is 4.90 Å². The van der Waals surface area contributed by atoms with E-state index in [9.17, 15) is 9.59 Å². The summed E-state index contributed by atoms with van der Waals surface area (Å²) in [6.45, 7) is -0.438. The van der Waals surface area contributed by atoms with E-state index in [1.54, 1.807) is 54.6 Å². The molecule has 0 aliphatic carbocycles. The van der Waals surface area contributed by atoms with Gasteiger partial charge < -0.3 is 9.84 Å². The summed E-state index contributed by atoms with van der Waals surface area (Å²) in [5.41, 5.74) is 1.12. The molecule has 0 saturated carbocycles. The molecule has 0 unspecified atom stereocenters. The molecule has 0 spiro atoms. The molecular formula is C17H12ClNO4. The lowest BCUT2D eigenvalue weighted by atomic mass is 10.1. The molecule has 1 aliphatic heterocycles. The fourth-order valence-electron chi connectivity index (χ4n) is 2.30. The van der Waals surface area contributed by atoms with Crippen molar-refractivity contribution in [3.63, 3.8) is 0 Å². The molecule has 0 aromatic heterocycles. The topological polar surface area (TPSA) is 66.8 Å². The lowest BCUT2D eigenvalue weighted by Gasteiger charge is -2.29. The number of aliphatic carboxylic acids is 1. The number of anilines is 1. The number of rotatable bonds is 3. The molecule has 23 heavy (non-hydrogen) atoms. The van der Waals surface area contributed by atoms with Crippen molar-refractivity contribution in [1.29, 1.82) is 0 Å². The number of hydrogen-bond donors (Lipinski definition) is 1. The summed E-state index contributed by atoms with van der Waals surface area (Å²) in [6.07, 6.45) is 1.54. The van der Waals surface area contributed by atoms with Gasteiger partial charge in [0.05, 0.1) is 5.69 Å². The zero-order valence-corrected chi connectivity index (χ0v) is 12.7. The largest absolute Gasteiger partial charge is 0.480 e. The van der Waals surface area contributed by atoms with Gasteiger partial charge in [-0.05, 0) is 35.9 Å². The number of hydrogen-bond acceptors (Lipinski definition) is 3. The number of carbonyl (C=O) groups excluding carboxylic acids is 1. The Hall–Kier alpha value is -2.79. The highest BCUT2D eigenvalue weighted by Crippen LogP contribution is 2.35. The fourth-order valence-corrected chi connectivity index (χ4v) is 2.50. The minimum Gasteiger partial charge on any atom is -0.480 e. The molecule has 0 radical (unpaired) electrons. The number of carboxylic acid groups (broad SMARTS) is 1. The summed E-state index contributed by atoms with van der Waals surface area (Å²) >= 11 is 5.93. The highest BCUT2D eigenvalue weighted by Gasteiger charge is 2.31. The molecule has 0 bridgehead atoms. The fraction of sp³-hybridized carbons (Fsp3) is 0.0588. The van der Waals surface area contributed by atoms with Gasteiger partial charge in [-0.1, -0.05) is 35.9 Å². The Kier molecular flexibility index (Phi) is 4.04. The maximum atomic E-state index is 12.5. The minimum atomic E-state index is -1.10. The number of para-hydroxylation sites is 2. The first-order valence-electron chi connectivity index (χ1n) is 6.82. The first kappa shape index (κ1) is 15.1. The third kappa shape index (κ3) is 3.19. The monoisotopic (exact) mass is 329 g/mol. The van der Waals surface area contributed by atoms with E-state index in [4.69, 9.17) is 21.4 Å². The van der Waals surface area contributed by atoms with Crippen LogP contribution in [-0.4, -0.2) is 23.5 Å². The maximum absolute atomic E-state index is 12.5. The Bertz CT molecular complexity index is 816. The van der Waals surface area contributed by atoms with Gasteiger partial charge >= 0.3 is 5.97 Å². The second-order valence-electron chi connectivity index (χ2n) is 4.92. The van der Waals surface area contributed by atoms with Gasteiger partial charge in [-0.25, -0.2) is 0 Å². The van der Waals surface area contributed by atoms with Gasteiger partial charge in [-0.3, -0.25) is 14.5 Å². The predicted molar refractivity (Wildman–Crippen MR) is 86.5 cm³/mol. The number of fused-ring (bicyclic) bond motifs is 1. The van der Waals surface area contributed by atoms with Crippen molar-refractivity contribution in [3.05, 3.63) is 64.9 Å². The molecule has 3 rings (SSSR count). The average molecular weight is 330 g/mol. The highest BCUT2D eigenvalue weighted by atomic mass is 35.5. The van der Waals surface area contributed by atoms with Gasteiger partial charge in [-0.15, -0.1) is 0 Å². The number of benzene rings is 2. The Morgan fingerprint density at radius 2 is 2.00 bits per heavy atom. The zero-order valence-electron chi connectivity index (χ0n) is 11.9. The molecule has 5 nitrogen and oxygen atoms in total. The Labute approximate surface area is 137 Å². The number of nitrogens with zero attached hydrogens (tertiary/aromatic N) is 1. The van der Waals surface area contributed by atoms with Crippen LogP contribution in [0.3, 0.4) is 0 Å². The van der Waals surface area contributed by atoms with Crippen molar-refractivity contribution in [2.45, 2.75) is 0 Å². The van der Waals surface area contributed by atoms with Gasteiger partial charge in [-0.2, -0.15) is 0 Å². The third-order valence-corrected chi connectivity index (χ3v) is 3.51. The number of ether oxygens (including phenoxy) is 1. The summed E-state index contributed by atoms with van der Waals surface area (Å²) < 4.78 is 5.63. The lowest BCUT2D eigenvalue weighted by Crippen LogP contribution is -2.40. The Morgan fingerprint density at radius 1 is 1.22 bits per heavy atom. The van der Waals surface area contributed by atoms with Crippen LogP contribution in [0.15, 0.2) is 54.3 Å². The summed E-state index contributed by atoms with van der Waals surface area (Å²) in [5, 5.41) is 9.58. The van der Waals surface area contributed by atoms with Gasteiger partial charge in [0, 0.05) is 5.02 Å². The third-order valence-electron chi connectivity index (χ3n) is 3.27. The van der Waals surface area contributed by atoms with Crippen LogP contribution in [0, 0.1) is 0 Å². The van der Waals surface area contributed by atoms with Crippen LogP contribution in [0.1, 0.15) is 5.56 Å². The molecule has 6 heteroatoms. The second kappa shape index (κ2) is 6.14. The highest BCUT2D eigenvalue weighted by molar-refractivity contribution is 6.30. The smallest absolute Gasteiger partial charge is 0.323 e. The van der Waals surface area contributed by atoms with Gasteiger partial charge in [0.15, 0.2) is 11.5 Å². The molecule has 1 amide bonds. The van der Waals surface area contributed by atoms with E-state index in [-0.39, 0.29) is 5.76 Å². The minimum absolute atomic E-state index is 0.0483. The summed E-state index contributed by atoms with van der Waals surface area (Å²) in [7, 11) is 0. The standard InChI is InChI=1S/C17H12ClNO4/c18-12-5-3-4-11(8-12)9-15-17(22)19(10-16(20)21)13-6-1-2-7-14(13)23-15/h1-9H,10H2,(H,20,21). The van der Waals surface area contributed by atoms with Crippen LogP contribution in [0.2, 0.25) is 5.02 Å². The van der Waals surface area contributed by atoms with Crippen LogP contribution >= 0.6 is 11.6 Å². The first-order chi connectivity index (χ1) is 11.0. The van der Waals surface area contributed by atoms with E-state index >= 15 is 0 Å². The van der Waals surface area contributed by atoms with Crippen LogP contribution in [0.4, 0.5) is 5.69 Å². The lowest BCUT2D eigenvalue weighted by molar-refractivity contribution is -0.136. The predicted octanol–water partition coefficient (Wildman–Crippen LogP) is 3.19. The summed E-state index contributed by atoms with van der Waals surface area (Å²) in [6, 6.07) is 13.7. The number of amides is 1. The molecular weight excluding hydrogens is 318 g/mol. The molecule has 0 atom stereocenters. The Morgan fingerprint density at radius 3 is 2.74 bits per heavy atom. The second-order valence-corrected chi connectivity index (χ2v) is 5.35.